The van der Waals surface area contributed by atoms with Crippen molar-refractivity contribution in [2.24, 2.45) is 5.73 Å². The highest BCUT2D eigenvalue weighted by molar-refractivity contribution is 5.86. The number of carboxylic acids is 1. The first kappa shape index (κ1) is 13.1. The first-order valence-corrected chi connectivity index (χ1v) is 5.78. The number of hydrogen-bond acceptors (Lipinski definition) is 7. The van der Waals surface area contributed by atoms with E-state index in [1.807, 2.05) is 6.92 Å². The quantitative estimate of drug-likeness (QED) is 0.670. The minimum absolute atomic E-state index is 0.0317. The molecule has 3 N–H and O–H groups in total. The fourth-order valence-corrected chi connectivity index (χ4v) is 1.68. The van der Waals surface area contributed by atoms with E-state index in [9.17, 15) is 4.79 Å². The van der Waals surface area contributed by atoms with Crippen LogP contribution in [0.25, 0.3) is 0 Å². The smallest absolute Gasteiger partial charge is 0.358 e. The molecule has 2 heterocycles. The Morgan fingerprint density at radius 1 is 1.32 bits per heavy atom. The van der Waals surface area contributed by atoms with Crippen molar-refractivity contribution in [1.29, 1.82) is 0 Å². The molecule has 0 spiro atoms. The monoisotopic (exact) mass is 266 g/mol. The second-order valence-corrected chi connectivity index (χ2v) is 3.87. The van der Waals surface area contributed by atoms with Gasteiger partial charge in [-0.15, -0.1) is 10.2 Å². The van der Waals surface area contributed by atoms with E-state index in [0.29, 0.717) is 18.1 Å². The molecule has 0 radical (unpaired) electrons. The van der Waals surface area contributed by atoms with Crippen molar-refractivity contribution in [1.82, 2.24) is 35.2 Å². The van der Waals surface area contributed by atoms with E-state index in [0.717, 1.165) is 6.42 Å². The van der Waals surface area contributed by atoms with Gasteiger partial charge >= 0.3 is 5.97 Å². The van der Waals surface area contributed by atoms with Crippen LogP contribution in [0.1, 0.15) is 35.4 Å². The number of aryl methyl sites for hydroxylation is 1. The predicted molar refractivity (Wildman–Crippen MR) is 62.1 cm³/mol. The molecular weight excluding hydrogens is 252 g/mol. The Balaban J connectivity index is 2.28. The Morgan fingerprint density at radius 2 is 2.11 bits per heavy atom. The van der Waals surface area contributed by atoms with Gasteiger partial charge in [-0.3, -0.25) is 0 Å². The standard InChI is InChI=1S/C9H14N8O2/c1-2-3-16-7(11-13-15-16)5-17-6(4-10)8(9(18)19)12-14-17/h2-5,10H2,1H3,(H,18,19). The molecule has 0 bridgehead atoms. The zero-order chi connectivity index (χ0) is 13.8. The van der Waals surface area contributed by atoms with Gasteiger partial charge in [0.25, 0.3) is 0 Å². The molecule has 10 nitrogen and oxygen atoms in total. The van der Waals surface area contributed by atoms with Crippen LogP contribution in [0.15, 0.2) is 0 Å². The fourth-order valence-electron chi connectivity index (χ4n) is 1.68. The lowest BCUT2D eigenvalue weighted by atomic mass is 10.3. The minimum atomic E-state index is -1.15. The molecule has 102 valence electrons. The third-order valence-electron chi connectivity index (χ3n) is 2.57. The van der Waals surface area contributed by atoms with Crippen molar-refractivity contribution >= 4 is 5.97 Å². The number of carboxylic acid groups (broad SMARTS) is 1. The third-order valence-corrected chi connectivity index (χ3v) is 2.57. The summed E-state index contributed by atoms with van der Waals surface area (Å²) in [4.78, 5) is 10.9. The number of aromatic nitrogens is 7. The number of carbonyl (C=O) groups is 1. The van der Waals surface area contributed by atoms with Gasteiger partial charge in [0.05, 0.1) is 5.69 Å². The van der Waals surface area contributed by atoms with Gasteiger partial charge < -0.3 is 10.8 Å². The van der Waals surface area contributed by atoms with Crippen LogP contribution in [-0.4, -0.2) is 46.3 Å². The van der Waals surface area contributed by atoms with E-state index in [4.69, 9.17) is 10.8 Å². The Morgan fingerprint density at radius 3 is 2.74 bits per heavy atom. The normalized spacial score (nSPS) is 10.8. The van der Waals surface area contributed by atoms with Gasteiger partial charge in [-0.1, -0.05) is 12.1 Å². The first-order chi connectivity index (χ1) is 9.17. The molecule has 0 atom stereocenters. The van der Waals surface area contributed by atoms with Gasteiger partial charge in [-0.2, -0.15) is 0 Å². The van der Waals surface area contributed by atoms with Gasteiger partial charge in [0.2, 0.25) is 0 Å². The summed E-state index contributed by atoms with van der Waals surface area (Å²) in [7, 11) is 0. The lowest BCUT2D eigenvalue weighted by molar-refractivity contribution is 0.0689. The van der Waals surface area contributed by atoms with Crippen molar-refractivity contribution in [3.05, 3.63) is 17.2 Å². The molecule has 2 aromatic rings. The van der Waals surface area contributed by atoms with Crippen LogP contribution in [0.2, 0.25) is 0 Å². The van der Waals surface area contributed by atoms with Crippen molar-refractivity contribution < 1.29 is 9.90 Å². The average molecular weight is 266 g/mol. The first-order valence-electron chi connectivity index (χ1n) is 5.78. The summed E-state index contributed by atoms with van der Waals surface area (Å²) < 4.78 is 3.05. The second-order valence-electron chi connectivity index (χ2n) is 3.87. The highest BCUT2D eigenvalue weighted by atomic mass is 16.4. The van der Waals surface area contributed by atoms with Crippen molar-refractivity contribution in [3.8, 4) is 0 Å². The van der Waals surface area contributed by atoms with Crippen LogP contribution in [0.5, 0.6) is 0 Å². The molecule has 2 aromatic heterocycles. The van der Waals surface area contributed by atoms with Crippen LogP contribution in [0, 0.1) is 0 Å². The maximum absolute atomic E-state index is 10.9. The number of hydrogen-bond donors (Lipinski definition) is 2. The van der Waals surface area contributed by atoms with E-state index in [1.165, 1.54) is 4.68 Å². The topological polar surface area (TPSA) is 138 Å². The molecule has 0 aliphatic heterocycles. The Kier molecular flexibility index (Phi) is 3.80. The van der Waals surface area contributed by atoms with E-state index in [2.05, 4.69) is 25.8 Å². The van der Waals surface area contributed by atoms with E-state index in [-0.39, 0.29) is 18.8 Å². The van der Waals surface area contributed by atoms with Crippen LogP contribution >= 0.6 is 0 Å². The zero-order valence-corrected chi connectivity index (χ0v) is 10.4. The molecule has 0 aliphatic carbocycles. The van der Waals surface area contributed by atoms with E-state index < -0.39 is 5.97 Å². The average Bonchev–Trinajstić information content (AvgIpc) is 2.97. The van der Waals surface area contributed by atoms with E-state index >= 15 is 0 Å². The molecule has 2 rings (SSSR count). The highest BCUT2D eigenvalue weighted by Crippen LogP contribution is 2.07. The predicted octanol–water partition coefficient (Wildman–Crippen LogP) is -1.12. The Bertz CT molecular complexity index is 575. The van der Waals surface area contributed by atoms with Gasteiger partial charge in [0, 0.05) is 13.1 Å². The number of nitrogens with zero attached hydrogens (tertiary/aromatic N) is 7. The SMILES string of the molecule is CCCn1nnnc1Cn1nnc(C(=O)O)c1CN. The van der Waals surface area contributed by atoms with Gasteiger partial charge in [0.15, 0.2) is 11.5 Å². The highest BCUT2D eigenvalue weighted by Gasteiger charge is 2.19. The van der Waals surface area contributed by atoms with Crippen molar-refractivity contribution in [3.63, 3.8) is 0 Å². The summed E-state index contributed by atoms with van der Waals surface area (Å²) in [6, 6.07) is 0. The van der Waals surface area contributed by atoms with E-state index in [1.54, 1.807) is 4.68 Å². The van der Waals surface area contributed by atoms with Crippen LogP contribution < -0.4 is 5.73 Å². The maximum atomic E-state index is 10.9. The molecule has 0 aliphatic rings. The Hall–Kier alpha value is -2.36. The summed E-state index contributed by atoms with van der Waals surface area (Å²) >= 11 is 0. The van der Waals surface area contributed by atoms with Gasteiger partial charge in [-0.05, 0) is 16.8 Å². The summed E-state index contributed by atoms with van der Waals surface area (Å²) in [5.41, 5.74) is 5.74. The van der Waals surface area contributed by atoms with Crippen LogP contribution in [-0.2, 0) is 19.6 Å². The largest absolute Gasteiger partial charge is 0.476 e. The molecule has 0 unspecified atom stereocenters. The van der Waals surface area contributed by atoms with Crippen LogP contribution in [0.4, 0.5) is 0 Å². The summed E-state index contributed by atoms with van der Waals surface area (Å²) in [6.07, 6.45) is 0.888. The fraction of sp³-hybridized carbons (Fsp3) is 0.556. The molecule has 19 heavy (non-hydrogen) atoms. The molecule has 0 aromatic carbocycles. The summed E-state index contributed by atoms with van der Waals surface area (Å²) in [5, 5.41) is 27.7. The number of tetrazole rings is 1. The molecule has 0 fully saturated rings. The summed E-state index contributed by atoms with van der Waals surface area (Å²) in [6.45, 7) is 2.96. The number of rotatable bonds is 6. The molecule has 0 amide bonds. The number of aromatic carboxylic acids is 1. The maximum Gasteiger partial charge on any atom is 0.358 e. The number of nitrogens with two attached hydrogens (primary N) is 1. The lowest BCUT2D eigenvalue weighted by Gasteiger charge is -2.05. The zero-order valence-electron chi connectivity index (χ0n) is 10.4. The van der Waals surface area contributed by atoms with Crippen molar-refractivity contribution in [2.45, 2.75) is 33.0 Å². The van der Waals surface area contributed by atoms with Gasteiger partial charge in [0.1, 0.15) is 6.54 Å². The molecular formula is C9H14N8O2. The summed E-state index contributed by atoms with van der Waals surface area (Å²) in [5.74, 6) is -0.571. The van der Waals surface area contributed by atoms with Crippen LogP contribution in [0.3, 0.4) is 0 Å². The van der Waals surface area contributed by atoms with Crippen molar-refractivity contribution in [2.75, 3.05) is 0 Å². The third kappa shape index (κ3) is 2.57. The second kappa shape index (κ2) is 5.52. The molecule has 10 heteroatoms. The molecule has 0 saturated heterocycles. The van der Waals surface area contributed by atoms with Gasteiger partial charge in [-0.25, -0.2) is 14.2 Å². The molecule has 0 saturated carbocycles. The lowest BCUT2D eigenvalue weighted by Crippen LogP contribution is -2.16. The minimum Gasteiger partial charge on any atom is -0.476 e. The Labute approximate surface area is 108 Å².